The Balaban J connectivity index is 1.59. The van der Waals surface area contributed by atoms with E-state index in [1.165, 1.54) is 24.3 Å². The maximum Gasteiger partial charge on any atom is 0.425 e. The number of alkyl halides is 3. The number of amides is 1. The Morgan fingerprint density at radius 2 is 1.89 bits per heavy atom. The van der Waals surface area contributed by atoms with Crippen LogP contribution in [0, 0.1) is 5.92 Å². The lowest BCUT2D eigenvalue weighted by Crippen LogP contribution is -2.50. The zero-order valence-electron chi connectivity index (χ0n) is 16.0. The monoisotopic (exact) mass is 404 g/mol. The molecule has 1 amide bonds. The molecule has 2 fully saturated rings. The third-order valence-corrected chi connectivity index (χ3v) is 5.65. The molecule has 0 spiro atoms. The highest BCUT2D eigenvalue weighted by atomic mass is 19.4. The number of piperidine rings is 1. The Kier molecular flexibility index (Phi) is 6.31. The summed E-state index contributed by atoms with van der Waals surface area (Å²) < 4.78 is 47.2. The third kappa shape index (κ3) is 4.49. The minimum absolute atomic E-state index is 0.405. The van der Waals surface area contributed by atoms with Crippen LogP contribution in [0.1, 0.15) is 25.1 Å². The summed E-state index contributed by atoms with van der Waals surface area (Å²) in [5.41, 5.74) is -3.30. The summed E-state index contributed by atoms with van der Waals surface area (Å²) in [6, 6.07) is 0. The highest BCUT2D eigenvalue weighted by Gasteiger charge is 2.59. The first-order valence-electron chi connectivity index (χ1n) is 9.55. The van der Waals surface area contributed by atoms with Gasteiger partial charge in [0.2, 0.25) is 11.5 Å². The minimum Gasteiger partial charge on any atom is -0.379 e. The van der Waals surface area contributed by atoms with Crippen LogP contribution < -0.4 is 0 Å². The Morgan fingerprint density at radius 1 is 1.25 bits per heavy atom. The minimum atomic E-state index is -5.00. The topological polar surface area (TPSA) is 70.8 Å². The molecule has 2 saturated heterocycles. The molecular formula is C18H27F3N4O3. The summed E-state index contributed by atoms with van der Waals surface area (Å²) in [4.78, 5) is 20.0. The molecule has 1 aromatic rings. The number of likely N-dealkylation sites (tertiary alicyclic amines) is 1. The Hall–Kier alpha value is -1.65. The van der Waals surface area contributed by atoms with Gasteiger partial charge in [-0.1, -0.05) is 0 Å². The van der Waals surface area contributed by atoms with E-state index in [0.717, 1.165) is 50.3 Å². The van der Waals surface area contributed by atoms with E-state index in [2.05, 4.69) is 9.88 Å². The van der Waals surface area contributed by atoms with Crippen molar-refractivity contribution in [3.05, 3.63) is 18.2 Å². The van der Waals surface area contributed by atoms with Crippen molar-refractivity contribution < 1.29 is 27.8 Å². The molecule has 0 aliphatic carbocycles. The number of morpholine rings is 1. The Labute approximate surface area is 162 Å². The zero-order chi connectivity index (χ0) is 20.4. The SMILES string of the molecule is Cn1ccnc1C(O)(CC(=O)N1CCC(CN2CCOCC2)CC1)C(F)(F)F. The van der Waals surface area contributed by atoms with E-state index in [4.69, 9.17) is 4.74 Å². The van der Waals surface area contributed by atoms with Gasteiger partial charge < -0.3 is 19.3 Å². The maximum absolute atomic E-state index is 13.6. The molecule has 0 saturated carbocycles. The number of aliphatic hydroxyl groups is 1. The first-order valence-corrected chi connectivity index (χ1v) is 9.55. The third-order valence-electron chi connectivity index (χ3n) is 5.65. The molecule has 0 bridgehead atoms. The van der Waals surface area contributed by atoms with Crippen LogP contribution >= 0.6 is 0 Å². The van der Waals surface area contributed by atoms with Gasteiger partial charge in [0.25, 0.3) is 0 Å². The second-order valence-corrected chi connectivity index (χ2v) is 7.63. The summed E-state index contributed by atoms with van der Waals surface area (Å²) in [5, 5.41) is 10.4. The molecule has 1 atom stereocenters. The van der Waals surface area contributed by atoms with Crippen LogP contribution in [0.2, 0.25) is 0 Å². The van der Waals surface area contributed by atoms with Gasteiger partial charge >= 0.3 is 6.18 Å². The number of imidazole rings is 1. The number of nitrogens with zero attached hydrogens (tertiary/aromatic N) is 4. The van der Waals surface area contributed by atoms with E-state index >= 15 is 0 Å². The number of ether oxygens (including phenoxy) is 1. The fraction of sp³-hybridized carbons (Fsp3) is 0.778. The lowest BCUT2D eigenvalue weighted by molar-refractivity contribution is -0.272. The number of carbonyl (C=O) groups excluding carboxylic acids is 1. The van der Waals surface area contributed by atoms with Crippen molar-refractivity contribution in [3.8, 4) is 0 Å². The summed E-state index contributed by atoms with van der Waals surface area (Å²) in [7, 11) is 1.36. The first kappa shape index (κ1) is 21.1. The number of aryl methyl sites for hydroxylation is 1. The van der Waals surface area contributed by atoms with Gasteiger partial charge in [0.1, 0.15) is 0 Å². The average molecular weight is 404 g/mol. The molecule has 2 aliphatic rings. The van der Waals surface area contributed by atoms with Crippen LogP contribution in [0.5, 0.6) is 0 Å². The van der Waals surface area contributed by atoms with Gasteiger partial charge in [0.15, 0.2) is 5.82 Å². The summed E-state index contributed by atoms with van der Waals surface area (Å²) in [6.07, 6.45) is -2.08. The maximum atomic E-state index is 13.6. The number of hydrogen-bond donors (Lipinski definition) is 1. The zero-order valence-corrected chi connectivity index (χ0v) is 16.0. The number of rotatable bonds is 5. The summed E-state index contributed by atoms with van der Waals surface area (Å²) >= 11 is 0. The quantitative estimate of drug-likeness (QED) is 0.797. The van der Waals surface area contributed by atoms with Crippen LogP contribution in [0.15, 0.2) is 12.4 Å². The molecule has 3 rings (SSSR count). The van der Waals surface area contributed by atoms with Crippen LogP contribution in [0.3, 0.4) is 0 Å². The van der Waals surface area contributed by atoms with E-state index in [1.807, 2.05) is 0 Å². The van der Waals surface area contributed by atoms with Crippen molar-refractivity contribution >= 4 is 5.91 Å². The fourth-order valence-electron chi connectivity index (χ4n) is 3.91. The van der Waals surface area contributed by atoms with Crippen molar-refractivity contribution in [2.24, 2.45) is 13.0 Å². The van der Waals surface area contributed by atoms with Crippen molar-refractivity contribution in [3.63, 3.8) is 0 Å². The molecule has 10 heteroatoms. The highest BCUT2D eigenvalue weighted by molar-refractivity contribution is 5.77. The molecule has 28 heavy (non-hydrogen) atoms. The molecule has 2 aliphatic heterocycles. The van der Waals surface area contributed by atoms with Crippen LogP contribution in [0.4, 0.5) is 13.2 Å². The van der Waals surface area contributed by atoms with Gasteiger partial charge in [-0.25, -0.2) is 4.98 Å². The molecule has 1 unspecified atom stereocenters. The summed E-state index contributed by atoms with van der Waals surface area (Å²) in [5.74, 6) is -0.860. The lowest BCUT2D eigenvalue weighted by Gasteiger charge is -2.37. The van der Waals surface area contributed by atoms with Crippen molar-refractivity contribution in [2.45, 2.75) is 31.0 Å². The van der Waals surface area contributed by atoms with Gasteiger partial charge in [-0.2, -0.15) is 13.2 Å². The molecule has 3 heterocycles. The van der Waals surface area contributed by atoms with Crippen molar-refractivity contribution in [1.82, 2.24) is 19.4 Å². The molecular weight excluding hydrogens is 377 g/mol. The fourth-order valence-corrected chi connectivity index (χ4v) is 3.91. The van der Waals surface area contributed by atoms with E-state index < -0.39 is 29.9 Å². The van der Waals surface area contributed by atoms with Gasteiger partial charge in [-0.15, -0.1) is 0 Å². The van der Waals surface area contributed by atoms with E-state index in [1.54, 1.807) is 0 Å². The smallest absolute Gasteiger partial charge is 0.379 e. The van der Waals surface area contributed by atoms with E-state index in [0.29, 0.717) is 19.0 Å². The molecule has 0 aromatic carbocycles. The molecule has 158 valence electrons. The van der Waals surface area contributed by atoms with Crippen molar-refractivity contribution in [1.29, 1.82) is 0 Å². The largest absolute Gasteiger partial charge is 0.425 e. The van der Waals surface area contributed by atoms with E-state index in [-0.39, 0.29) is 0 Å². The predicted octanol–water partition coefficient (Wildman–Crippen LogP) is 1.13. The van der Waals surface area contributed by atoms with Crippen LogP contribution in [-0.2, 0) is 22.2 Å². The van der Waals surface area contributed by atoms with Gasteiger partial charge in [-0.05, 0) is 18.8 Å². The number of hydrogen-bond acceptors (Lipinski definition) is 5. The highest BCUT2D eigenvalue weighted by Crippen LogP contribution is 2.41. The molecule has 1 aromatic heterocycles. The van der Waals surface area contributed by atoms with Gasteiger partial charge in [0, 0.05) is 52.2 Å². The molecule has 0 radical (unpaired) electrons. The van der Waals surface area contributed by atoms with Gasteiger partial charge in [-0.3, -0.25) is 9.69 Å². The lowest BCUT2D eigenvalue weighted by atomic mass is 9.93. The molecule has 1 N–H and O–H groups in total. The van der Waals surface area contributed by atoms with Crippen LogP contribution in [-0.4, -0.2) is 82.5 Å². The number of carbonyl (C=O) groups is 1. The van der Waals surface area contributed by atoms with Crippen LogP contribution in [0.25, 0.3) is 0 Å². The Morgan fingerprint density at radius 3 is 2.43 bits per heavy atom. The second kappa shape index (κ2) is 8.38. The Bertz CT molecular complexity index is 667. The second-order valence-electron chi connectivity index (χ2n) is 7.63. The van der Waals surface area contributed by atoms with Gasteiger partial charge in [0.05, 0.1) is 19.6 Å². The normalized spacial score (nSPS) is 22.2. The predicted molar refractivity (Wildman–Crippen MR) is 94.3 cm³/mol. The number of halogens is 3. The number of aromatic nitrogens is 2. The van der Waals surface area contributed by atoms with E-state index in [9.17, 15) is 23.1 Å². The standard InChI is InChI=1S/C18H27F3N4O3/c1-23-7-4-22-16(23)17(27,18(19,20)21)12-15(26)25-5-2-14(3-6-25)13-24-8-10-28-11-9-24/h4,7,14,27H,2-3,5-6,8-13H2,1H3. The average Bonchev–Trinajstić information content (AvgIpc) is 3.08. The van der Waals surface area contributed by atoms with Crippen molar-refractivity contribution in [2.75, 3.05) is 45.9 Å². The molecule has 7 nitrogen and oxygen atoms in total. The first-order chi connectivity index (χ1) is 13.2. The summed E-state index contributed by atoms with van der Waals surface area (Å²) in [6.45, 7) is 4.96.